The molecule has 1 aliphatic rings. The van der Waals surface area contributed by atoms with Crippen LogP contribution in [0.15, 0.2) is 18.5 Å². The first-order chi connectivity index (χ1) is 9.54. The molecule has 0 amide bonds. The summed E-state index contributed by atoms with van der Waals surface area (Å²) in [5, 5.41) is 9.31. The summed E-state index contributed by atoms with van der Waals surface area (Å²) in [6.45, 7) is 2.47. The molecule has 7 heteroatoms. The van der Waals surface area contributed by atoms with Crippen LogP contribution in [0.5, 0.6) is 0 Å². The van der Waals surface area contributed by atoms with Crippen LogP contribution in [0.1, 0.15) is 30.4 Å². The maximum atomic E-state index is 12.3. The fourth-order valence-corrected chi connectivity index (χ4v) is 3.84. The molecule has 2 N–H and O–H groups in total. The molecule has 2 rings (SSSR count). The van der Waals surface area contributed by atoms with Gasteiger partial charge in [0.15, 0.2) is 0 Å². The van der Waals surface area contributed by atoms with Gasteiger partial charge in [-0.3, -0.25) is 4.98 Å². The number of pyridine rings is 1. The standard InChI is InChI=1S/C13H21N3O3S/c1-11-5-6-14-8-12(11)9-15-20(18,19)16-7-3-2-4-13(16)10-17/h5-6,8,13,15,17H,2-4,7,9-10H2,1H3. The molecule has 1 aliphatic heterocycles. The van der Waals surface area contributed by atoms with Gasteiger partial charge in [-0.15, -0.1) is 0 Å². The van der Waals surface area contributed by atoms with Crippen molar-refractivity contribution in [1.29, 1.82) is 0 Å². The molecule has 0 saturated carbocycles. The lowest BCUT2D eigenvalue weighted by atomic mass is 10.1. The number of aromatic nitrogens is 1. The molecule has 2 heterocycles. The Morgan fingerprint density at radius 2 is 2.30 bits per heavy atom. The number of hydrogen-bond acceptors (Lipinski definition) is 4. The third-order valence-corrected chi connectivity index (χ3v) is 5.29. The maximum absolute atomic E-state index is 12.3. The predicted molar refractivity (Wildman–Crippen MR) is 76.2 cm³/mol. The summed E-state index contributed by atoms with van der Waals surface area (Å²) in [5.74, 6) is 0. The Hall–Kier alpha value is -1.02. The average molecular weight is 299 g/mol. The molecule has 1 unspecified atom stereocenters. The van der Waals surface area contributed by atoms with Crippen molar-refractivity contribution in [3.05, 3.63) is 29.6 Å². The number of aliphatic hydroxyl groups is 1. The Bertz CT molecular complexity index is 548. The zero-order chi connectivity index (χ0) is 14.6. The number of hydrogen-bond donors (Lipinski definition) is 2. The highest BCUT2D eigenvalue weighted by molar-refractivity contribution is 7.87. The van der Waals surface area contributed by atoms with Crippen LogP contribution in [0.25, 0.3) is 0 Å². The van der Waals surface area contributed by atoms with Gasteiger partial charge in [0.2, 0.25) is 0 Å². The molecule has 1 fully saturated rings. The van der Waals surface area contributed by atoms with E-state index in [1.807, 2.05) is 13.0 Å². The van der Waals surface area contributed by atoms with Crippen LogP contribution in [0, 0.1) is 6.92 Å². The van der Waals surface area contributed by atoms with Crippen LogP contribution >= 0.6 is 0 Å². The number of nitrogens with one attached hydrogen (secondary N) is 1. The number of aliphatic hydroxyl groups excluding tert-OH is 1. The molecule has 6 nitrogen and oxygen atoms in total. The van der Waals surface area contributed by atoms with Gasteiger partial charge in [0.25, 0.3) is 10.2 Å². The lowest BCUT2D eigenvalue weighted by Gasteiger charge is -2.33. The Kier molecular flexibility index (Phi) is 5.09. The van der Waals surface area contributed by atoms with Crippen molar-refractivity contribution in [3.63, 3.8) is 0 Å². The van der Waals surface area contributed by atoms with E-state index < -0.39 is 10.2 Å². The van der Waals surface area contributed by atoms with Gasteiger partial charge in [0, 0.05) is 31.5 Å². The van der Waals surface area contributed by atoms with E-state index >= 15 is 0 Å². The van der Waals surface area contributed by atoms with Crippen LogP contribution in [0.4, 0.5) is 0 Å². The minimum absolute atomic E-state index is 0.132. The van der Waals surface area contributed by atoms with Gasteiger partial charge in [-0.1, -0.05) is 6.42 Å². The summed E-state index contributed by atoms with van der Waals surface area (Å²) < 4.78 is 28.6. The van der Waals surface area contributed by atoms with Crippen molar-refractivity contribution < 1.29 is 13.5 Å². The molecule has 0 bridgehead atoms. The van der Waals surface area contributed by atoms with Crippen LogP contribution in [-0.2, 0) is 16.8 Å². The molecular weight excluding hydrogens is 278 g/mol. The lowest BCUT2D eigenvalue weighted by molar-refractivity contribution is 0.154. The molecule has 20 heavy (non-hydrogen) atoms. The lowest BCUT2D eigenvalue weighted by Crippen LogP contribution is -2.50. The van der Waals surface area contributed by atoms with Crippen LogP contribution in [0.2, 0.25) is 0 Å². The monoisotopic (exact) mass is 299 g/mol. The first-order valence-electron chi connectivity index (χ1n) is 6.81. The largest absolute Gasteiger partial charge is 0.395 e. The van der Waals surface area contributed by atoms with Crippen molar-refractivity contribution in [2.75, 3.05) is 13.2 Å². The third-order valence-electron chi connectivity index (χ3n) is 3.69. The number of piperidine rings is 1. The Morgan fingerprint density at radius 1 is 1.50 bits per heavy atom. The number of rotatable bonds is 5. The summed E-state index contributed by atoms with van der Waals surface area (Å²) in [6, 6.07) is 1.54. The Balaban J connectivity index is 2.05. The van der Waals surface area contributed by atoms with E-state index in [0.717, 1.165) is 24.0 Å². The Labute approximate surface area is 120 Å². The summed E-state index contributed by atoms with van der Waals surface area (Å²) in [6.07, 6.45) is 5.85. The summed E-state index contributed by atoms with van der Waals surface area (Å²) in [5.41, 5.74) is 1.86. The minimum atomic E-state index is -3.56. The Morgan fingerprint density at radius 3 is 3.00 bits per heavy atom. The SMILES string of the molecule is Cc1ccncc1CNS(=O)(=O)N1CCCCC1CO. The highest BCUT2D eigenvalue weighted by atomic mass is 32.2. The predicted octanol–water partition coefficient (Wildman–Crippen LogP) is 0.571. The molecule has 0 spiro atoms. The van der Waals surface area contributed by atoms with Gasteiger partial charge in [0.05, 0.1) is 6.61 Å². The second-order valence-corrected chi connectivity index (χ2v) is 6.78. The third kappa shape index (κ3) is 3.54. The van der Waals surface area contributed by atoms with Gasteiger partial charge >= 0.3 is 0 Å². The summed E-state index contributed by atoms with van der Waals surface area (Å²) >= 11 is 0. The smallest absolute Gasteiger partial charge is 0.280 e. The topological polar surface area (TPSA) is 82.5 Å². The first kappa shape index (κ1) is 15.4. The van der Waals surface area contributed by atoms with Crippen molar-refractivity contribution in [2.45, 2.75) is 38.8 Å². The zero-order valence-corrected chi connectivity index (χ0v) is 12.4. The van der Waals surface area contributed by atoms with Crippen LogP contribution in [-0.4, -0.2) is 42.0 Å². The van der Waals surface area contributed by atoms with Gasteiger partial charge in [-0.25, -0.2) is 0 Å². The van der Waals surface area contributed by atoms with Crippen molar-refractivity contribution in [3.8, 4) is 0 Å². The van der Waals surface area contributed by atoms with Crippen LogP contribution < -0.4 is 4.72 Å². The summed E-state index contributed by atoms with van der Waals surface area (Å²) in [7, 11) is -3.56. The molecule has 1 aromatic heterocycles. The normalized spacial score (nSPS) is 21.0. The van der Waals surface area contributed by atoms with E-state index in [9.17, 15) is 13.5 Å². The molecule has 0 radical (unpaired) electrons. The molecular formula is C13H21N3O3S. The molecule has 1 atom stereocenters. The highest BCUT2D eigenvalue weighted by Gasteiger charge is 2.31. The van der Waals surface area contributed by atoms with Crippen molar-refractivity contribution in [2.24, 2.45) is 0 Å². The molecule has 1 saturated heterocycles. The van der Waals surface area contributed by atoms with E-state index in [2.05, 4.69) is 9.71 Å². The summed E-state index contributed by atoms with van der Waals surface area (Å²) in [4.78, 5) is 4.00. The molecule has 0 aliphatic carbocycles. The van der Waals surface area contributed by atoms with Crippen LogP contribution in [0.3, 0.4) is 0 Å². The zero-order valence-electron chi connectivity index (χ0n) is 11.6. The van der Waals surface area contributed by atoms with E-state index in [-0.39, 0.29) is 19.2 Å². The first-order valence-corrected chi connectivity index (χ1v) is 8.25. The maximum Gasteiger partial charge on any atom is 0.280 e. The average Bonchev–Trinajstić information content (AvgIpc) is 2.46. The molecule has 0 aromatic carbocycles. The van der Waals surface area contributed by atoms with Crippen molar-refractivity contribution in [1.82, 2.24) is 14.0 Å². The molecule has 1 aromatic rings. The van der Waals surface area contributed by atoms with E-state index in [1.54, 1.807) is 12.4 Å². The fraction of sp³-hybridized carbons (Fsp3) is 0.615. The van der Waals surface area contributed by atoms with Gasteiger partial charge in [-0.05, 0) is 37.0 Å². The van der Waals surface area contributed by atoms with Gasteiger partial charge in [0.1, 0.15) is 0 Å². The quantitative estimate of drug-likeness (QED) is 0.833. The second-order valence-electron chi connectivity index (χ2n) is 5.07. The van der Waals surface area contributed by atoms with E-state index in [4.69, 9.17) is 0 Å². The number of nitrogens with zero attached hydrogens (tertiary/aromatic N) is 2. The molecule has 112 valence electrons. The van der Waals surface area contributed by atoms with E-state index in [0.29, 0.717) is 13.0 Å². The van der Waals surface area contributed by atoms with Gasteiger partial charge < -0.3 is 5.11 Å². The highest BCUT2D eigenvalue weighted by Crippen LogP contribution is 2.19. The van der Waals surface area contributed by atoms with E-state index in [1.165, 1.54) is 4.31 Å². The van der Waals surface area contributed by atoms with Crippen molar-refractivity contribution >= 4 is 10.2 Å². The van der Waals surface area contributed by atoms with Gasteiger partial charge in [-0.2, -0.15) is 17.4 Å². The minimum Gasteiger partial charge on any atom is -0.395 e. The number of aryl methyl sites for hydroxylation is 1. The second kappa shape index (κ2) is 6.62. The fourth-order valence-electron chi connectivity index (χ4n) is 2.41.